The summed E-state index contributed by atoms with van der Waals surface area (Å²) in [6, 6.07) is 2.86. The van der Waals surface area contributed by atoms with Crippen LogP contribution in [0.1, 0.15) is 18.9 Å². The molecule has 0 aromatic carbocycles. The number of anilines is 1. The summed E-state index contributed by atoms with van der Waals surface area (Å²) in [7, 11) is 0. The molecule has 3 N–H and O–H groups in total. The van der Waals surface area contributed by atoms with Gasteiger partial charge in [0.1, 0.15) is 5.15 Å². The summed E-state index contributed by atoms with van der Waals surface area (Å²) in [5, 5.41) is 19.7. The minimum absolute atomic E-state index is 0.558. The van der Waals surface area contributed by atoms with Crippen LogP contribution in [-0.4, -0.2) is 52.8 Å². The van der Waals surface area contributed by atoms with Crippen molar-refractivity contribution in [2.45, 2.75) is 25.8 Å². The molecule has 3 rings (SSSR count). The van der Waals surface area contributed by atoms with Gasteiger partial charge < -0.3 is 20.4 Å². The zero-order valence-corrected chi connectivity index (χ0v) is 14.7. The van der Waals surface area contributed by atoms with Crippen LogP contribution in [0.4, 0.5) is 5.69 Å². The van der Waals surface area contributed by atoms with Gasteiger partial charge in [-0.2, -0.15) is 0 Å². The molecule has 136 valence electrons. The van der Waals surface area contributed by atoms with Crippen molar-refractivity contribution >= 4 is 29.2 Å². The number of pyridine rings is 1. The van der Waals surface area contributed by atoms with E-state index in [1.807, 2.05) is 6.20 Å². The molecule has 0 aliphatic carbocycles. The van der Waals surface area contributed by atoms with Gasteiger partial charge in [-0.15, -0.1) is 0 Å². The lowest BCUT2D eigenvalue weighted by Crippen LogP contribution is -2.63. The number of carboxylic acids is 2. The molecular formula is C17H22ClN3O4. The van der Waals surface area contributed by atoms with Crippen LogP contribution in [0.3, 0.4) is 0 Å². The maximum Gasteiger partial charge on any atom is 0.328 e. The van der Waals surface area contributed by atoms with Crippen LogP contribution in [-0.2, 0) is 16.0 Å². The molecule has 2 aliphatic rings. The lowest BCUT2D eigenvalue weighted by molar-refractivity contribution is -0.134. The van der Waals surface area contributed by atoms with Crippen LogP contribution in [0, 0.1) is 5.92 Å². The SMILES string of the molecule is CCc1cc(N2C[C@@H]3CCNC[C@@H]32)cnc1Cl.O=C(O)C=CC(=O)O. The number of carbonyl (C=O) groups is 2. The van der Waals surface area contributed by atoms with E-state index in [0.29, 0.717) is 23.3 Å². The number of nitrogens with one attached hydrogen (secondary N) is 1. The largest absolute Gasteiger partial charge is 0.478 e. The molecule has 0 unspecified atom stereocenters. The number of aliphatic carboxylic acids is 2. The molecular weight excluding hydrogens is 346 g/mol. The molecule has 7 nitrogen and oxygen atoms in total. The van der Waals surface area contributed by atoms with Gasteiger partial charge >= 0.3 is 11.9 Å². The highest BCUT2D eigenvalue weighted by molar-refractivity contribution is 6.30. The summed E-state index contributed by atoms with van der Waals surface area (Å²) < 4.78 is 0. The number of nitrogens with zero attached hydrogens (tertiary/aromatic N) is 2. The molecule has 0 radical (unpaired) electrons. The number of rotatable bonds is 4. The second-order valence-corrected chi connectivity index (χ2v) is 6.34. The lowest BCUT2D eigenvalue weighted by Gasteiger charge is -2.52. The smallest absolute Gasteiger partial charge is 0.328 e. The number of piperidine rings is 1. The van der Waals surface area contributed by atoms with E-state index in [-0.39, 0.29) is 0 Å². The van der Waals surface area contributed by atoms with Gasteiger partial charge in [-0.05, 0) is 36.9 Å². The molecule has 0 saturated carbocycles. The van der Waals surface area contributed by atoms with Crippen molar-refractivity contribution in [3.05, 3.63) is 35.1 Å². The van der Waals surface area contributed by atoms with Gasteiger partial charge in [0.2, 0.25) is 0 Å². The predicted molar refractivity (Wildman–Crippen MR) is 95.1 cm³/mol. The Morgan fingerprint density at radius 3 is 2.64 bits per heavy atom. The van der Waals surface area contributed by atoms with Crippen molar-refractivity contribution in [3.8, 4) is 0 Å². The van der Waals surface area contributed by atoms with E-state index in [2.05, 4.69) is 28.2 Å². The molecule has 2 fully saturated rings. The number of aryl methyl sites for hydroxylation is 1. The van der Waals surface area contributed by atoms with E-state index in [0.717, 1.165) is 24.4 Å². The maximum absolute atomic E-state index is 9.55. The highest BCUT2D eigenvalue weighted by Crippen LogP contribution is 2.35. The van der Waals surface area contributed by atoms with E-state index in [1.54, 1.807) is 0 Å². The number of aromatic nitrogens is 1. The standard InChI is InChI=1S/C13H18ClN3.C4H4O4/c1-2-9-5-11(6-16-13(9)14)17-8-10-3-4-15-7-12(10)17;5-3(6)1-2-4(7)8/h5-6,10,12,15H,2-4,7-8H2,1H3;1-2H,(H,5,6)(H,7,8)/t10-,12-;/m0./s1. The van der Waals surface area contributed by atoms with E-state index in [1.165, 1.54) is 25.2 Å². The normalized spacial score (nSPS) is 21.8. The summed E-state index contributed by atoms with van der Waals surface area (Å²) in [5.74, 6) is -1.64. The number of halogens is 1. The number of fused-ring (bicyclic) bond motifs is 1. The summed E-state index contributed by atoms with van der Waals surface area (Å²) in [5.41, 5.74) is 2.38. The zero-order chi connectivity index (χ0) is 18.4. The van der Waals surface area contributed by atoms with E-state index in [9.17, 15) is 9.59 Å². The number of hydrogen-bond donors (Lipinski definition) is 3. The summed E-state index contributed by atoms with van der Waals surface area (Å²) in [4.78, 5) is 25.9. The minimum atomic E-state index is -1.26. The zero-order valence-electron chi connectivity index (χ0n) is 14.0. The van der Waals surface area contributed by atoms with Crippen LogP contribution < -0.4 is 10.2 Å². The molecule has 0 bridgehead atoms. The molecule has 2 atom stereocenters. The van der Waals surface area contributed by atoms with Gasteiger partial charge in [-0.3, -0.25) is 0 Å². The number of carboxylic acid groups (broad SMARTS) is 2. The molecule has 1 aromatic heterocycles. The third-order valence-electron chi connectivity index (χ3n) is 4.40. The third kappa shape index (κ3) is 5.17. The van der Waals surface area contributed by atoms with Crippen molar-refractivity contribution in [2.75, 3.05) is 24.5 Å². The first kappa shape index (κ1) is 19.2. The molecule has 8 heteroatoms. The minimum Gasteiger partial charge on any atom is -0.478 e. The summed E-state index contributed by atoms with van der Waals surface area (Å²) in [6.07, 6.45) is 5.28. The monoisotopic (exact) mass is 367 g/mol. The average Bonchev–Trinajstić information content (AvgIpc) is 2.56. The van der Waals surface area contributed by atoms with Gasteiger partial charge in [-0.1, -0.05) is 18.5 Å². The molecule has 2 aliphatic heterocycles. The fraction of sp³-hybridized carbons (Fsp3) is 0.471. The third-order valence-corrected chi connectivity index (χ3v) is 4.74. The average molecular weight is 368 g/mol. The Morgan fingerprint density at radius 2 is 2.08 bits per heavy atom. The van der Waals surface area contributed by atoms with Crippen molar-refractivity contribution < 1.29 is 19.8 Å². The Bertz CT molecular complexity index is 649. The first-order chi connectivity index (χ1) is 11.9. The Kier molecular flexibility index (Phi) is 6.78. The van der Waals surface area contributed by atoms with Crippen LogP contribution in [0.25, 0.3) is 0 Å². The van der Waals surface area contributed by atoms with Gasteiger partial charge in [0.25, 0.3) is 0 Å². The van der Waals surface area contributed by atoms with Crippen LogP contribution in [0.15, 0.2) is 24.4 Å². The van der Waals surface area contributed by atoms with Crippen molar-refractivity contribution in [2.24, 2.45) is 5.92 Å². The molecule has 1 aromatic rings. The van der Waals surface area contributed by atoms with Crippen LogP contribution in [0.2, 0.25) is 5.15 Å². The maximum atomic E-state index is 9.55. The fourth-order valence-electron chi connectivity index (χ4n) is 3.05. The first-order valence-electron chi connectivity index (χ1n) is 8.18. The van der Waals surface area contributed by atoms with Crippen LogP contribution >= 0.6 is 11.6 Å². The fourth-order valence-corrected chi connectivity index (χ4v) is 3.29. The summed E-state index contributed by atoms with van der Waals surface area (Å²) >= 11 is 6.06. The molecule has 0 spiro atoms. The Hall–Kier alpha value is -2.12. The quantitative estimate of drug-likeness (QED) is 0.550. The van der Waals surface area contributed by atoms with Gasteiger partial charge in [0.15, 0.2) is 0 Å². The highest BCUT2D eigenvalue weighted by Gasteiger charge is 2.40. The van der Waals surface area contributed by atoms with Gasteiger partial charge in [0, 0.05) is 31.3 Å². The second-order valence-electron chi connectivity index (χ2n) is 5.98. The molecule has 2 saturated heterocycles. The molecule has 0 amide bonds. The van der Waals surface area contributed by atoms with E-state index in [4.69, 9.17) is 21.8 Å². The molecule has 25 heavy (non-hydrogen) atoms. The summed E-state index contributed by atoms with van der Waals surface area (Å²) in [6.45, 7) is 5.58. The number of hydrogen-bond acceptors (Lipinski definition) is 5. The second kappa shape index (κ2) is 8.82. The Morgan fingerprint density at radius 1 is 1.40 bits per heavy atom. The lowest BCUT2D eigenvalue weighted by atomic mass is 9.83. The molecule has 3 heterocycles. The van der Waals surface area contributed by atoms with Gasteiger partial charge in [-0.25, -0.2) is 14.6 Å². The van der Waals surface area contributed by atoms with E-state index >= 15 is 0 Å². The van der Waals surface area contributed by atoms with E-state index < -0.39 is 11.9 Å². The first-order valence-corrected chi connectivity index (χ1v) is 8.55. The van der Waals surface area contributed by atoms with Crippen molar-refractivity contribution in [1.29, 1.82) is 0 Å². The van der Waals surface area contributed by atoms with Crippen molar-refractivity contribution in [1.82, 2.24) is 10.3 Å². The van der Waals surface area contributed by atoms with Crippen molar-refractivity contribution in [3.63, 3.8) is 0 Å². The Balaban J connectivity index is 0.000000242. The predicted octanol–water partition coefficient (Wildman–Crippen LogP) is 1.81. The Labute approximate surface area is 151 Å². The highest BCUT2D eigenvalue weighted by atomic mass is 35.5. The van der Waals surface area contributed by atoms with Crippen LogP contribution in [0.5, 0.6) is 0 Å². The topological polar surface area (TPSA) is 103 Å². The van der Waals surface area contributed by atoms with Gasteiger partial charge in [0.05, 0.1) is 11.9 Å².